The number of rotatable bonds is 4. The van der Waals surface area contributed by atoms with Gasteiger partial charge in [0.05, 0.1) is 6.42 Å². The van der Waals surface area contributed by atoms with Crippen LogP contribution in [-0.4, -0.2) is 34.5 Å². The zero-order chi connectivity index (χ0) is 15.5. The Bertz CT molecular complexity index is 521. The molecular weight excluding hydrogens is 273 g/mol. The molecule has 21 heavy (non-hydrogen) atoms. The first-order valence-electron chi connectivity index (χ1n) is 7.20. The van der Waals surface area contributed by atoms with Gasteiger partial charge in [-0.1, -0.05) is 31.4 Å². The number of likely N-dealkylation sites (N-methyl/N-ethyl adjacent to an activating group) is 1. The van der Waals surface area contributed by atoms with Crippen LogP contribution in [0.15, 0.2) is 24.3 Å². The first-order valence-corrected chi connectivity index (χ1v) is 7.20. The highest BCUT2D eigenvalue weighted by molar-refractivity contribution is 5.88. The van der Waals surface area contributed by atoms with Gasteiger partial charge < -0.3 is 10.0 Å². The molecule has 1 aliphatic rings. The number of halogens is 1. The Hall–Kier alpha value is -1.91. The number of carboxylic acids is 1. The monoisotopic (exact) mass is 293 g/mol. The van der Waals surface area contributed by atoms with E-state index in [-0.39, 0.29) is 18.1 Å². The molecule has 1 aliphatic carbocycles. The molecule has 0 saturated heterocycles. The Morgan fingerprint density at radius 3 is 2.29 bits per heavy atom. The largest absolute Gasteiger partial charge is 0.479 e. The highest BCUT2D eigenvalue weighted by atomic mass is 19.1. The number of benzene rings is 1. The Balaban J connectivity index is 2.13. The molecule has 0 radical (unpaired) electrons. The molecule has 2 rings (SSSR count). The van der Waals surface area contributed by atoms with E-state index in [1.807, 2.05) is 0 Å². The van der Waals surface area contributed by atoms with Gasteiger partial charge in [0.1, 0.15) is 11.4 Å². The summed E-state index contributed by atoms with van der Waals surface area (Å²) in [6, 6.07) is 5.71. The van der Waals surface area contributed by atoms with Crippen molar-refractivity contribution in [1.82, 2.24) is 4.90 Å². The number of carboxylic acid groups (broad SMARTS) is 1. The molecule has 0 unspecified atom stereocenters. The number of carbonyl (C=O) groups excluding carboxylic acids is 1. The number of aliphatic carboxylic acids is 1. The molecule has 1 N–H and O–H groups in total. The summed E-state index contributed by atoms with van der Waals surface area (Å²) in [5.74, 6) is -1.53. The summed E-state index contributed by atoms with van der Waals surface area (Å²) >= 11 is 0. The second-order valence-electron chi connectivity index (χ2n) is 5.65. The maximum atomic E-state index is 12.9. The Morgan fingerprint density at radius 1 is 1.19 bits per heavy atom. The zero-order valence-electron chi connectivity index (χ0n) is 12.1. The van der Waals surface area contributed by atoms with Gasteiger partial charge in [0.2, 0.25) is 5.91 Å². The molecule has 4 nitrogen and oxygen atoms in total. The molecule has 0 aliphatic heterocycles. The topological polar surface area (TPSA) is 57.6 Å². The number of hydrogen-bond acceptors (Lipinski definition) is 2. The van der Waals surface area contributed by atoms with Gasteiger partial charge in [0, 0.05) is 7.05 Å². The Morgan fingerprint density at radius 2 is 1.76 bits per heavy atom. The van der Waals surface area contributed by atoms with Crippen LogP contribution in [0.3, 0.4) is 0 Å². The molecular formula is C16H20FNO3. The van der Waals surface area contributed by atoms with Crippen molar-refractivity contribution in [2.45, 2.75) is 44.1 Å². The van der Waals surface area contributed by atoms with Crippen molar-refractivity contribution in [2.75, 3.05) is 7.05 Å². The van der Waals surface area contributed by atoms with Gasteiger partial charge in [-0.2, -0.15) is 0 Å². The Labute approximate surface area is 123 Å². The fourth-order valence-electron chi connectivity index (χ4n) is 2.96. The lowest BCUT2D eigenvalue weighted by Crippen LogP contribution is -2.56. The third-order valence-corrected chi connectivity index (χ3v) is 4.36. The van der Waals surface area contributed by atoms with Crippen LogP contribution in [0.5, 0.6) is 0 Å². The summed E-state index contributed by atoms with van der Waals surface area (Å²) in [6.07, 6.45) is 3.73. The number of hydrogen-bond donors (Lipinski definition) is 1. The summed E-state index contributed by atoms with van der Waals surface area (Å²) in [4.78, 5) is 25.4. The molecule has 1 saturated carbocycles. The normalized spacial score (nSPS) is 17.2. The molecule has 1 aromatic carbocycles. The van der Waals surface area contributed by atoms with Gasteiger partial charge in [-0.3, -0.25) is 4.79 Å². The van der Waals surface area contributed by atoms with Crippen LogP contribution in [0.4, 0.5) is 4.39 Å². The van der Waals surface area contributed by atoms with Gasteiger partial charge in [0.15, 0.2) is 0 Å². The first kappa shape index (κ1) is 15.5. The predicted octanol–water partition coefficient (Wildman–Crippen LogP) is 2.61. The van der Waals surface area contributed by atoms with E-state index < -0.39 is 11.5 Å². The van der Waals surface area contributed by atoms with E-state index in [0.29, 0.717) is 18.4 Å². The standard InChI is InChI=1S/C16H20FNO3/c1-18(16(15(20)21)9-3-2-4-10-16)14(19)11-12-5-7-13(17)8-6-12/h5-8H,2-4,9-11H2,1H3,(H,20,21). The lowest BCUT2D eigenvalue weighted by molar-refractivity contribution is -0.160. The minimum atomic E-state index is -1.09. The number of carbonyl (C=O) groups is 2. The fourth-order valence-corrected chi connectivity index (χ4v) is 2.96. The number of amides is 1. The van der Waals surface area contributed by atoms with E-state index in [1.54, 1.807) is 19.2 Å². The van der Waals surface area contributed by atoms with Crippen molar-refractivity contribution in [2.24, 2.45) is 0 Å². The van der Waals surface area contributed by atoms with Gasteiger partial charge in [0.25, 0.3) is 0 Å². The third-order valence-electron chi connectivity index (χ3n) is 4.36. The molecule has 5 heteroatoms. The van der Waals surface area contributed by atoms with Crippen molar-refractivity contribution in [3.63, 3.8) is 0 Å². The molecule has 0 aromatic heterocycles. The van der Waals surface area contributed by atoms with Crippen molar-refractivity contribution in [3.05, 3.63) is 35.6 Å². The van der Waals surface area contributed by atoms with E-state index in [4.69, 9.17) is 0 Å². The fraction of sp³-hybridized carbons (Fsp3) is 0.500. The molecule has 1 amide bonds. The van der Waals surface area contributed by atoms with Crippen molar-refractivity contribution in [1.29, 1.82) is 0 Å². The quantitative estimate of drug-likeness (QED) is 0.928. The molecule has 0 bridgehead atoms. The average Bonchev–Trinajstić information content (AvgIpc) is 2.49. The molecule has 1 fully saturated rings. The molecule has 0 atom stereocenters. The summed E-state index contributed by atoms with van der Waals surface area (Å²) in [6.45, 7) is 0. The van der Waals surface area contributed by atoms with Gasteiger partial charge in [-0.25, -0.2) is 9.18 Å². The minimum Gasteiger partial charge on any atom is -0.479 e. The van der Waals surface area contributed by atoms with Crippen LogP contribution >= 0.6 is 0 Å². The van der Waals surface area contributed by atoms with E-state index in [0.717, 1.165) is 19.3 Å². The van der Waals surface area contributed by atoms with Crippen LogP contribution in [-0.2, 0) is 16.0 Å². The smallest absolute Gasteiger partial charge is 0.329 e. The second-order valence-corrected chi connectivity index (χ2v) is 5.65. The van der Waals surface area contributed by atoms with Crippen LogP contribution in [0.1, 0.15) is 37.7 Å². The maximum absolute atomic E-state index is 12.9. The predicted molar refractivity (Wildman–Crippen MR) is 76.3 cm³/mol. The van der Waals surface area contributed by atoms with Crippen molar-refractivity contribution in [3.8, 4) is 0 Å². The molecule has 0 heterocycles. The van der Waals surface area contributed by atoms with Crippen molar-refractivity contribution >= 4 is 11.9 Å². The summed E-state index contributed by atoms with van der Waals surface area (Å²) in [5, 5.41) is 9.57. The maximum Gasteiger partial charge on any atom is 0.329 e. The van der Waals surface area contributed by atoms with E-state index in [2.05, 4.69) is 0 Å². The van der Waals surface area contributed by atoms with E-state index in [9.17, 15) is 19.1 Å². The zero-order valence-corrected chi connectivity index (χ0v) is 12.1. The molecule has 1 aromatic rings. The molecule has 0 spiro atoms. The minimum absolute atomic E-state index is 0.0891. The number of nitrogens with zero attached hydrogens (tertiary/aromatic N) is 1. The Kier molecular flexibility index (Phi) is 4.60. The van der Waals surface area contributed by atoms with Gasteiger partial charge >= 0.3 is 5.97 Å². The lowest BCUT2D eigenvalue weighted by Gasteiger charge is -2.41. The molecule has 114 valence electrons. The lowest BCUT2D eigenvalue weighted by atomic mass is 9.80. The summed E-state index contributed by atoms with van der Waals surface area (Å²) in [5.41, 5.74) is -0.403. The summed E-state index contributed by atoms with van der Waals surface area (Å²) < 4.78 is 12.9. The van der Waals surface area contributed by atoms with Crippen LogP contribution in [0.2, 0.25) is 0 Å². The van der Waals surface area contributed by atoms with Gasteiger partial charge in [-0.15, -0.1) is 0 Å². The average molecular weight is 293 g/mol. The summed E-state index contributed by atoms with van der Waals surface area (Å²) in [7, 11) is 1.56. The van der Waals surface area contributed by atoms with Crippen molar-refractivity contribution < 1.29 is 19.1 Å². The first-order chi connectivity index (χ1) is 9.95. The third kappa shape index (κ3) is 3.23. The highest BCUT2D eigenvalue weighted by Crippen LogP contribution is 2.33. The van der Waals surface area contributed by atoms with Crippen LogP contribution in [0.25, 0.3) is 0 Å². The second kappa shape index (κ2) is 6.24. The SMILES string of the molecule is CN(C(=O)Cc1ccc(F)cc1)C1(C(=O)O)CCCCC1. The highest BCUT2D eigenvalue weighted by Gasteiger charge is 2.45. The van der Waals surface area contributed by atoms with Crippen LogP contribution in [0, 0.1) is 5.82 Å². The van der Waals surface area contributed by atoms with E-state index >= 15 is 0 Å². The van der Waals surface area contributed by atoms with Crippen LogP contribution < -0.4 is 0 Å². The van der Waals surface area contributed by atoms with Gasteiger partial charge in [-0.05, 0) is 30.5 Å². The van der Waals surface area contributed by atoms with E-state index in [1.165, 1.54) is 17.0 Å².